The second kappa shape index (κ2) is 4.29. The normalized spacial score (nSPS) is 19.9. The van der Waals surface area contributed by atoms with E-state index in [9.17, 15) is 0 Å². The van der Waals surface area contributed by atoms with Gasteiger partial charge in [0.05, 0.1) is 6.04 Å². The minimum absolute atomic E-state index is 0.241. The van der Waals surface area contributed by atoms with Gasteiger partial charge in [0.1, 0.15) is 5.69 Å². The van der Waals surface area contributed by atoms with Crippen LogP contribution < -0.4 is 5.32 Å². The maximum absolute atomic E-state index is 5.30. The molecule has 1 unspecified atom stereocenters. The zero-order chi connectivity index (χ0) is 11.7. The molecule has 6 heteroatoms. The molecule has 0 amide bonds. The number of aromatic nitrogens is 4. The van der Waals surface area contributed by atoms with E-state index in [2.05, 4.69) is 20.6 Å². The molecule has 2 aromatic heterocycles. The van der Waals surface area contributed by atoms with E-state index in [-0.39, 0.29) is 6.04 Å². The molecule has 3 rings (SSSR count). The topological polar surface area (TPSA) is 68.8 Å². The lowest BCUT2D eigenvalue weighted by Crippen LogP contribution is -2.14. The summed E-state index contributed by atoms with van der Waals surface area (Å²) < 4.78 is 7.15. The maximum Gasteiger partial charge on any atom is 0.276 e. The second-order valence-electron chi connectivity index (χ2n) is 4.14. The predicted molar refractivity (Wildman–Crippen MR) is 61.2 cm³/mol. The van der Waals surface area contributed by atoms with Gasteiger partial charge in [0.2, 0.25) is 0 Å². The van der Waals surface area contributed by atoms with Gasteiger partial charge in [-0.3, -0.25) is 4.68 Å². The lowest BCUT2D eigenvalue weighted by Gasteiger charge is -2.01. The molecule has 90 valence electrons. The molecule has 17 heavy (non-hydrogen) atoms. The minimum atomic E-state index is 0.241. The fourth-order valence-corrected chi connectivity index (χ4v) is 2.15. The average molecular weight is 233 g/mol. The summed E-state index contributed by atoms with van der Waals surface area (Å²) in [6.45, 7) is 3.86. The summed E-state index contributed by atoms with van der Waals surface area (Å²) in [7, 11) is 0. The molecular formula is C11H15N5O. The number of hydrogen-bond acceptors (Lipinski definition) is 5. The van der Waals surface area contributed by atoms with Gasteiger partial charge in [-0.05, 0) is 32.4 Å². The molecule has 1 aliphatic rings. The molecule has 1 aliphatic heterocycles. The Hall–Kier alpha value is -1.69. The smallest absolute Gasteiger partial charge is 0.276 e. The first-order valence-electron chi connectivity index (χ1n) is 5.97. The molecule has 2 aromatic rings. The number of hydrogen-bond donors (Lipinski definition) is 1. The number of nitrogens with one attached hydrogen (secondary N) is 1. The highest BCUT2D eigenvalue weighted by Crippen LogP contribution is 2.23. The van der Waals surface area contributed by atoms with Gasteiger partial charge in [0.15, 0.2) is 5.82 Å². The summed E-state index contributed by atoms with van der Waals surface area (Å²) in [5, 5.41) is 11.6. The van der Waals surface area contributed by atoms with Crippen molar-refractivity contribution in [1.82, 2.24) is 25.2 Å². The molecule has 1 saturated heterocycles. The van der Waals surface area contributed by atoms with E-state index in [0.717, 1.165) is 31.0 Å². The van der Waals surface area contributed by atoms with E-state index in [1.807, 2.05) is 17.7 Å². The lowest BCUT2D eigenvalue weighted by atomic mass is 10.2. The summed E-state index contributed by atoms with van der Waals surface area (Å²) in [6, 6.07) is 2.13. The summed E-state index contributed by atoms with van der Waals surface area (Å²) in [4.78, 5) is 4.44. The molecule has 0 radical (unpaired) electrons. The van der Waals surface area contributed by atoms with Crippen molar-refractivity contribution in [3.63, 3.8) is 0 Å². The van der Waals surface area contributed by atoms with Crippen LogP contribution in [0.4, 0.5) is 0 Å². The zero-order valence-electron chi connectivity index (χ0n) is 9.76. The monoisotopic (exact) mass is 233 g/mol. The molecule has 1 N–H and O–H groups in total. The van der Waals surface area contributed by atoms with E-state index >= 15 is 0 Å². The van der Waals surface area contributed by atoms with Gasteiger partial charge >= 0.3 is 0 Å². The van der Waals surface area contributed by atoms with Gasteiger partial charge in [-0.25, -0.2) is 0 Å². The van der Waals surface area contributed by atoms with Crippen LogP contribution in [0.3, 0.4) is 0 Å². The zero-order valence-corrected chi connectivity index (χ0v) is 9.76. The SMILES string of the molecule is CCn1nccc1-c1nc(C2CCCN2)no1. The number of rotatable bonds is 3. The highest BCUT2D eigenvalue weighted by molar-refractivity contribution is 5.46. The first-order chi connectivity index (χ1) is 8.38. The van der Waals surface area contributed by atoms with Crippen LogP contribution >= 0.6 is 0 Å². The molecule has 0 aromatic carbocycles. The van der Waals surface area contributed by atoms with Crippen molar-refractivity contribution in [3.05, 3.63) is 18.1 Å². The second-order valence-corrected chi connectivity index (χ2v) is 4.14. The number of aryl methyl sites for hydroxylation is 1. The van der Waals surface area contributed by atoms with Crippen LogP contribution in [0.1, 0.15) is 31.6 Å². The summed E-state index contributed by atoms with van der Waals surface area (Å²) >= 11 is 0. The van der Waals surface area contributed by atoms with E-state index in [1.54, 1.807) is 6.20 Å². The van der Waals surface area contributed by atoms with Crippen LogP contribution in [0.5, 0.6) is 0 Å². The van der Waals surface area contributed by atoms with Crippen LogP contribution in [0.25, 0.3) is 11.6 Å². The highest BCUT2D eigenvalue weighted by atomic mass is 16.5. The van der Waals surface area contributed by atoms with Crippen LogP contribution in [0.2, 0.25) is 0 Å². The third-order valence-corrected chi connectivity index (χ3v) is 3.05. The number of nitrogens with zero attached hydrogens (tertiary/aromatic N) is 4. The first kappa shape index (κ1) is 10.5. The largest absolute Gasteiger partial charge is 0.332 e. The van der Waals surface area contributed by atoms with E-state index in [0.29, 0.717) is 5.89 Å². The van der Waals surface area contributed by atoms with Crippen LogP contribution in [0, 0.1) is 0 Å². The lowest BCUT2D eigenvalue weighted by molar-refractivity contribution is 0.408. The Morgan fingerprint density at radius 1 is 1.59 bits per heavy atom. The van der Waals surface area contributed by atoms with Gasteiger partial charge < -0.3 is 9.84 Å². The van der Waals surface area contributed by atoms with Gasteiger partial charge in [-0.15, -0.1) is 0 Å². The Kier molecular flexibility index (Phi) is 2.64. The predicted octanol–water partition coefficient (Wildman–Crippen LogP) is 1.38. The molecule has 0 saturated carbocycles. The molecule has 0 spiro atoms. The third kappa shape index (κ3) is 1.84. The average Bonchev–Trinajstić information content (AvgIpc) is 3.09. The van der Waals surface area contributed by atoms with Crippen molar-refractivity contribution in [1.29, 1.82) is 0 Å². The van der Waals surface area contributed by atoms with Crippen molar-refractivity contribution >= 4 is 0 Å². The van der Waals surface area contributed by atoms with Gasteiger partial charge in [-0.2, -0.15) is 10.1 Å². The fourth-order valence-electron chi connectivity index (χ4n) is 2.15. The first-order valence-corrected chi connectivity index (χ1v) is 5.97. The Labute approximate surface area is 99.0 Å². The van der Waals surface area contributed by atoms with Crippen molar-refractivity contribution in [2.75, 3.05) is 6.54 Å². The van der Waals surface area contributed by atoms with Crippen molar-refractivity contribution in [3.8, 4) is 11.6 Å². The van der Waals surface area contributed by atoms with Crippen molar-refractivity contribution < 1.29 is 4.52 Å². The molecule has 0 bridgehead atoms. The van der Waals surface area contributed by atoms with E-state index in [1.165, 1.54) is 6.42 Å². The summed E-state index contributed by atoms with van der Waals surface area (Å²) in [6.07, 6.45) is 3.99. The summed E-state index contributed by atoms with van der Waals surface area (Å²) in [5.74, 6) is 1.30. The van der Waals surface area contributed by atoms with Gasteiger partial charge in [0, 0.05) is 12.7 Å². The Balaban J connectivity index is 1.89. The van der Waals surface area contributed by atoms with Crippen molar-refractivity contribution in [2.24, 2.45) is 0 Å². The van der Waals surface area contributed by atoms with Crippen LogP contribution in [-0.4, -0.2) is 26.5 Å². The Morgan fingerprint density at radius 3 is 3.29 bits per heavy atom. The Morgan fingerprint density at radius 2 is 2.53 bits per heavy atom. The van der Waals surface area contributed by atoms with Gasteiger partial charge in [0.25, 0.3) is 5.89 Å². The molecule has 1 fully saturated rings. The third-order valence-electron chi connectivity index (χ3n) is 3.05. The minimum Gasteiger partial charge on any atom is -0.332 e. The van der Waals surface area contributed by atoms with E-state index < -0.39 is 0 Å². The summed E-state index contributed by atoms with van der Waals surface area (Å²) in [5.41, 5.74) is 0.879. The van der Waals surface area contributed by atoms with Crippen molar-refractivity contribution in [2.45, 2.75) is 32.4 Å². The Bertz CT molecular complexity index is 497. The van der Waals surface area contributed by atoms with E-state index in [4.69, 9.17) is 4.52 Å². The molecule has 0 aliphatic carbocycles. The van der Waals surface area contributed by atoms with Gasteiger partial charge in [-0.1, -0.05) is 5.16 Å². The molecule has 6 nitrogen and oxygen atoms in total. The quantitative estimate of drug-likeness (QED) is 0.867. The van der Waals surface area contributed by atoms with Crippen LogP contribution in [0.15, 0.2) is 16.8 Å². The maximum atomic E-state index is 5.30. The highest BCUT2D eigenvalue weighted by Gasteiger charge is 2.22. The van der Waals surface area contributed by atoms with Crippen LogP contribution in [-0.2, 0) is 6.54 Å². The molecule has 3 heterocycles. The fraction of sp³-hybridized carbons (Fsp3) is 0.545. The molecule has 1 atom stereocenters. The molecular weight excluding hydrogens is 218 g/mol. The standard InChI is InChI=1S/C11H15N5O/c1-2-16-9(5-7-13-16)11-14-10(15-17-11)8-4-3-6-12-8/h5,7-8,12H,2-4,6H2,1H3.